The van der Waals surface area contributed by atoms with E-state index in [9.17, 15) is 4.79 Å². The molecule has 2 aromatic rings. The molecule has 0 unspecified atom stereocenters. The Balaban J connectivity index is 1.72. The van der Waals surface area contributed by atoms with Crippen LogP contribution in [0.5, 0.6) is 5.75 Å². The summed E-state index contributed by atoms with van der Waals surface area (Å²) in [7, 11) is 0. The molecule has 3 rings (SSSR count). The second-order valence-electron chi connectivity index (χ2n) is 4.98. The molecule has 0 N–H and O–H groups in total. The molecule has 0 saturated heterocycles. The molecule has 0 fully saturated rings. The summed E-state index contributed by atoms with van der Waals surface area (Å²) in [4.78, 5) is 18.5. The Kier molecular flexibility index (Phi) is 4.50. The summed E-state index contributed by atoms with van der Waals surface area (Å²) in [5.41, 5.74) is 1.81. The van der Waals surface area contributed by atoms with Crippen LogP contribution in [0.4, 0.5) is 5.69 Å². The van der Waals surface area contributed by atoms with E-state index in [4.69, 9.17) is 27.9 Å². The van der Waals surface area contributed by atoms with E-state index < -0.39 is 0 Å². The van der Waals surface area contributed by atoms with Gasteiger partial charge in [-0.2, -0.15) is 0 Å². The molecule has 4 nitrogen and oxygen atoms in total. The number of rotatable bonds is 3. The Hall–Kier alpha value is -1.78. The van der Waals surface area contributed by atoms with Crippen LogP contribution in [0.25, 0.3) is 0 Å². The maximum absolute atomic E-state index is 12.4. The fourth-order valence-corrected chi connectivity index (χ4v) is 2.79. The lowest BCUT2D eigenvalue weighted by molar-refractivity contribution is -0.120. The second-order valence-corrected chi connectivity index (χ2v) is 5.83. The first-order valence-electron chi connectivity index (χ1n) is 6.97. The van der Waals surface area contributed by atoms with E-state index in [0.29, 0.717) is 22.3 Å². The van der Waals surface area contributed by atoms with Gasteiger partial charge in [-0.15, -0.1) is 0 Å². The van der Waals surface area contributed by atoms with Crippen molar-refractivity contribution in [2.45, 2.75) is 12.8 Å². The number of ether oxygens (including phenoxy) is 1. The lowest BCUT2D eigenvalue weighted by Gasteiger charge is -2.28. The fraction of sp³-hybridized carbons (Fsp3) is 0.250. The van der Waals surface area contributed by atoms with Crippen LogP contribution < -0.4 is 9.64 Å². The predicted molar refractivity (Wildman–Crippen MR) is 86.9 cm³/mol. The number of hydrogen-bond acceptors (Lipinski definition) is 3. The molecule has 0 spiro atoms. The minimum atomic E-state index is -0.120. The number of pyridine rings is 1. The van der Waals surface area contributed by atoms with Gasteiger partial charge in [0.15, 0.2) is 6.61 Å². The number of nitrogens with zero attached hydrogens (tertiary/aromatic N) is 2. The van der Waals surface area contributed by atoms with Gasteiger partial charge < -0.3 is 9.64 Å². The molecular weight excluding hydrogens is 323 g/mol. The highest BCUT2D eigenvalue weighted by atomic mass is 35.5. The van der Waals surface area contributed by atoms with Crippen molar-refractivity contribution in [3.8, 4) is 5.75 Å². The standard InChI is InChI=1S/C16H14Cl2N2O2/c17-11-5-6-12(18)15(9-11)22-10-16(21)20-8-2-3-13-14(20)4-1-7-19-13/h1,4-7,9H,2-3,8,10H2. The molecule has 0 radical (unpaired) electrons. The van der Waals surface area contributed by atoms with E-state index in [-0.39, 0.29) is 12.5 Å². The van der Waals surface area contributed by atoms with Gasteiger partial charge in [0, 0.05) is 23.8 Å². The summed E-state index contributed by atoms with van der Waals surface area (Å²) in [6, 6.07) is 8.66. The number of amides is 1. The summed E-state index contributed by atoms with van der Waals surface area (Å²) in [5, 5.41) is 0.942. The quantitative estimate of drug-likeness (QED) is 0.857. The molecule has 114 valence electrons. The molecule has 2 heterocycles. The average Bonchev–Trinajstić information content (AvgIpc) is 2.55. The minimum absolute atomic E-state index is 0.0889. The zero-order chi connectivity index (χ0) is 15.5. The number of benzene rings is 1. The first-order valence-corrected chi connectivity index (χ1v) is 7.73. The molecule has 0 atom stereocenters. The minimum Gasteiger partial charge on any atom is -0.482 e. The molecule has 1 aliphatic rings. The molecule has 1 amide bonds. The Morgan fingerprint density at radius 3 is 3.05 bits per heavy atom. The van der Waals surface area contributed by atoms with E-state index >= 15 is 0 Å². The van der Waals surface area contributed by atoms with Crippen LogP contribution >= 0.6 is 23.2 Å². The predicted octanol–water partition coefficient (Wildman–Crippen LogP) is 3.75. The second kappa shape index (κ2) is 6.55. The summed E-state index contributed by atoms with van der Waals surface area (Å²) in [5.74, 6) is 0.288. The molecular formula is C16H14Cl2N2O2. The zero-order valence-corrected chi connectivity index (χ0v) is 13.3. The van der Waals surface area contributed by atoms with Crippen molar-refractivity contribution in [1.82, 2.24) is 4.98 Å². The van der Waals surface area contributed by atoms with Crippen molar-refractivity contribution in [2.75, 3.05) is 18.1 Å². The Morgan fingerprint density at radius 2 is 2.18 bits per heavy atom. The largest absolute Gasteiger partial charge is 0.482 e. The average molecular weight is 337 g/mol. The van der Waals surface area contributed by atoms with Gasteiger partial charge in [-0.05, 0) is 37.1 Å². The maximum Gasteiger partial charge on any atom is 0.264 e. The number of aryl methyl sites for hydroxylation is 1. The number of hydrogen-bond donors (Lipinski definition) is 0. The molecule has 0 saturated carbocycles. The van der Waals surface area contributed by atoms with E-state index in [1.165, 1.54) is 0 Å². The van der Waals surface area contributed by atoms with Crippen molar-refractivity contribution in [3.05, 3.63) is 52.3 Å². The molecule has 0 aliphatic carbocycles. The van der Waals surface area contributed by atoms with Gasteiger partial charge in [-0.25, -0.2) is 0 Å². The van der Waals surface area contributed by atoms with Crippen LogP contribution in [0, 0.1) is 0 Å². The van der Waals surface area contributed by atoms with E-state index in [1.807, 2.05) is 12.1 Å². The smallest absolute Gasteiger partial charge is 0.264 e. The Labute approximate surface area is 138 Å². The third kappa shape index (κ3) is 3.18. The number of carbonyl (C=O) groups is 1. The number of fused-ring (bicyclic) bond motifs is 1. The Morgan fingerprint density at radius 1 is 1.32 bits per heavy atom. The highest BCUT2D eigenvalue weighted by Gasteiger charge is 2.23. The van der Waals surface area contributed by atoms with Gasteiger partial charge >= 0.3 is 0 Å². The monoisotopic (exact) mass is 336 g/mol. The SMILES string of the molecule is O=C(COc1cc(Cl)ccc1Cl)N1CCCc2ncccc21. The number of aromatic nitrogens is 1. The highest BCUT2D eigenvalue weighted by molar-refractivity contribution is 6.34. The van der Waals surface area contributed by atoms with Crippen molar-refractivity contribution in [3.63, 3.8) is 0 Å². The summed E-state index contributed by atoms with van der Waals surface area (Å²) in [6.07, 6.45) is 3.53. The normalized spacial score (nSPS) is 13.6. The topological polar surface area (TPSA) is 42.4 Å². The highest BCUT2D eigenvalue weighted by Crippen LogP contribution is 2.28. The Bertz CT molecular complexity index is 706. The number of carbonyl (C=O) groups excluding carboxylic acids is 1. The number of halogens is 2. The van der Waals surface area contributed by atoms with Crippen LogP contribution in [0.1, 0.15) is 12.1 Å². The maximum atomic E-state index is 12.4. The lowest BCUT2D eigenvalue weighted by Crippen LogP contribution is -2.38. The summed E-state index contributed by atoms with van der Waals surface area (Å²) in [6.45, 7) is 0.582. The summed E-state index contributed by atoms with van der Waals surface area (Å²) >= 11 is 11.9. The lowest BCUT2D eigenvalue weighted by atomic mass is 10.1. The van der Waals surface area contributed by atoms with Crippen molar-refractivity contribution in [1.29, 1.82) is 0 Å². The van der Waals surface area contributed by atoms with Gasteiger partial charge in [0.25, 0.3) is 5.91 Å². The molecule has 1 aromatic carbocycles. The first-order chi connectivity index (χ1) is 10.6. The van der Waals surface area contributed by atoms with Gasteiger partial charge in [-0.1, -0.05) is 23.2 Å². The van der Waals surface area contributed by atoms with Crippen LogP contribution in [0.3, 0.4) is 0 Å². The van der Waals surface area contributed by atoms with Crippen molar-refractivity contribution >= 4 is 34.8 Å². The molecule has 22 heavy (non-hydrogen) atoms. The summed E-state index contributed by atoms with van der Waals surface area (Å²) < 4.78 is 5.52. The first kappa shape index (κ1) is 15.1. The van der Waals surface area contributed by atoms with Crippen LogP contribution in [-0.4, -0.2) is 24.0 Å². The van der Waals surface area contributed by atoms with Gasteiger partial charge in [0.2, 0.25) is 0 Å². The fourth-order valence-electron chi connectivity index (χ4n) is 2.46. The van der Waals surface area contributed by atoms with E-state index in [0.717, 1.165) is 24.2 Å². The van der Waals surface area contributed by atoms with Crippen LogP contribution in [-0.2, 0) is 11.2 Å². The van der Waals surface area contributed by atoms with Gasteiger partial charge in [-0.3, -0.25) is 9.78 Å². The molecule has 0 bridgehead atoms. The van der Waals surface area contributed by atoms with Crippen LogP contribution in [0.2, 0.25) is 10.0 Å². The van der Waals surface area contributed by atoms with Crippen molar-refractivity contribution in [2.24, 2.45) is 0 Å². The van der Waals surface area contributed by atoms with Crippen LogP contribution in [0.15, 0.2) is 36.5 Å². The van der Waals surface area contributed by atoms with E-state index in [2.05, 4.69) is 4.98 Å². The van der Waals surface area contributed by atoms with Gasteiger partial charge in [0.05, 0.1) is 16.4 Å². The van der Waals surface area contributed by atoms with Crippen molar-refractivity contribution < 1.29 is 9.53 Å². The number of anilines is 1. The third-order valence-electron chi connectivity index (χ3n) is 3.50. The zero-order valence-electron chi connectivity index (χ0n) is 11.8. The van der Waals surface area contributed by atoms with E-state index in [1.54, 1.807) is 29.3 Å². The van der Waals surface area contributed by atoms with Gasteiger partial charge in [0.1, 0.15) is 5.75 Å². The third-order valence-corrected chi connectivity index (χ3v) is 4.05. The molecule has 1 aliphatic heterocycles. The molecule has 6 heteroatoms. The molecule has 1 aromatic heterocycles.